The molecule has 1 aliphatic rings. The number of nitrogens with zero attached hydrogens (tertiary/aromatic N) is 1. The van der Waals surface area contributed by atoms with Gasteiger partial charge in [-0.3, -0.25) is 4.98 Å². The summed E-state index contributed by atoms with van der Waals surface area (Å²) in [5.41, 5.74) is 7.84. The van der Waals surface area contributed by atoms with Crippen molar-refractivity contribution in [3.05, 3.63) is 90.1 Å². The maximum atomic E-state index is 4.65. The van der Waals surface area contributed by atoms with Gasteiger partial charge in [0.05, 0.1) is 5.69 Å². The Labute approximate surface area is 135 Å². The molecule has 0 N–H and O–H groups in total. The lowest BCUT2D eigenvalue weighted by Gasteiger charge is -2.08. The number of rotatable bonds is 1. The summed E-state index contributed by atoms with van der Waals surface area (Å²) < 4.78 is 0. The lowest BCUT2D eigenvalue weighted by Crippen LogP contribution is -1.88. The molecule has 0 amide bonds. The van der Waals surface area contributed by atoms with Gasteiger partial charge in [-0.1, -0.05) is 60.7 Å². The van der Waals surface area contributed by atoms with Crippen LogP contribution >= 0.6 is 0 Å². The summed E-state index contributed by atoms with van der Waals surface area (Å²) in [7, 11) is 0. The van der Waals surface area contributed by atoms with Crippen LogP contribution in [0.1, 0.15) is 11.1 Å². The molecule has 1 nitrogen and oxygen atoms in total. The fourth-order valence-corrected chi connectivity index (χ4v) is 3.64. The summed E-state index contributed by atoms with van der Waals surface area (Å²) in [6.07, 6.45) is 2.92. The molecule has 0 fully saturated rings. The second-order valence-corrected chi connectivity index (χ2v) is 6.09. The number of pyridine rings is 1. The van der Waals surface area contributed by atoms with Crippen molar-refractivity contribution < 1.29 is 0 Å². The van der Waals surface area contributed by atoms with E-state index in [-0.39, 0.29) is 0 Å². The first kappa shape index (κ1) is 12.6. The van der Waals surface area contributed by atoms with Gasteiger partial charge in [0.25, 0.3) is 0 Å². The highest BCUT2D eigenvalue weighted by Gasteiger charge is 2.18. The highest BCUT2D eigenvalue weighted by molar-refractivity contribution is 5.95. The van der Waals surface area contributed by atoms with Crippen LogP contribution in [0.3, 0.4) is 0 Å². The largest absolute Gasteiger partial charge is 0.256 e. The van der Waals surface area contributed by atoms with Gasteiger partial charge < -0.3 is 0 Å². The predicted octanol–water partition coefficient (Wildman–Crippen LogP) is 5.47. The van der Waals surface area contributed by atoms with E-state index in [1.54, 1.807) is 0 Å². The van der Waals surface area contributed by atoms with E-state index in [1.165, 1.54) is 38.6 Å². The highest BCUT2D eigenvalue weighted by Crippen LogP contribution is 2.39. The van der Waals surface area contributed by atoms with Crippen molar-refractivity contribution in [2.75, 3.05) is 0 Å². The van der Waals surface area contributed by atoms with Crippen LogP contribution in [0.5, 0.6) is 0 Å². The normalized spacial score (nSPS) is 12.2. The van der Waals surface area contributed by atoms with Crippen molar-refractivity contribution >= 4 is 10.8 Å². The van der Waals surface area contributed by atoms with E-state index in [9.17, 15) is 0 Å². The third-order valence-electron chi connectivity index (χ3n) is 4.74. The Morgan fingerprint density at radius 3 is 2.52 bits per heavy atom. The number of hydrogen-bond donors (Lipinski definition) is 0. The van der Waals surface area contributed by atoms with Crippen LogP contribution in [-0.4, -0.2) is 4.98 Å². The molecule has 108 valence electrons. The van der Waals surface area contributed by atoms with Gasteiger partial charge >= 0.3 is 0 Å². The second kappa shape index (κ2) is 4.79. The molecule has 1 heterocycles. The molecule has 0 saturated heterocycles. The van der Waals surface area contributed by atoms with Crippen molar-refractivity contribution in [2.45, 2.75) is 6.42 Å². The van der Waals surface area contributed by atoms with Crippen LogP contribution in [0.2, 0.25) is 0 Å². The third-order valence-corrected chi connectivity index (χ3v) is 4.74. The molecule has 0 spiro atoms. The molecular formula is C22H15N. The van der Waals surface area contributed by atoms with Gasteiger partial charge in [0, 0.05) is 17.1 Å². The third kappa shape index (κ3) is 1.90. The van der Waals surface area contributed by atoms with Crippen LogP contribution in [0.25, 0.3) is 33.2 Å². The standard InChI is InChI=1S/C22H15N/c1-4-8-21-15(5-1)11-12-23-22(21)17-9-10-20-18(14-17)13-16-6-2-3-7-19(16)20/h1-12,14H,13H2. The zero-order chi connectivity index (χ0) is 15.2. The highest BCUT2D eigenvalue weighted by atomic mass is 14.7. The maximum absolute atomic E-state index is 4.65. The van der Waals surface area contributed by atoms with Crippen molar-refractivity contribution in [2.24, 2.45) is 0 Å². The Morgan fingerprint density at radius 2 is 1.52 bits per heavy atom. The Hall–Kier alpha value is -2.93. The molecule has 1 aromatic heterocycles. The summed E-state index contributed by atoms with van der Waals surface area (Å²) in [4.78, 5) is 4.65. The van der Waals surface area contributed by atoms with E-state index >= 15 is 0 Å². The van der Waals surface area contributed by atoms with E-state index in [2.05, 4.69) is 77.8 Å². The molecule has 1 heteroatoms. The molecule has 0 aliphatic heterocycles. The Morgan fingerprint density at radius 1 is 0.696 bits per heavy atom. The number of hydrogen-bond acceptors (Lipinski definition) is 1. The molecular weight excluding hydrogens is 278 g/mol. The van der Waals surface area contributed by atoms with E-state index < -0.39 is 0 Å². The van der Waals surface area contributed by atoms with Crippen LogP contribution < -0.4 is 0 Å². The Kier molecular flexibility index (Phi) is 2.62. The lowest BCUT2D eigenvalue weighted by molar-refractivity contribution is 1.26. The van der Waals surface area contributed by atoms with Gasteiger partial charge in [0.1, 0.15) is 0 Å². The Balaban J connectivity index is 1.70. The minimum absolute atomic E-state index is 1.02. The first-order valence-corrected chi connectivity index (χ1v) is 7.95. The van der Waals surface area contributed by atoms with Gasteiger partial charge in [-0.2, -0.15) is 0 Å². The van der Waals surface area contributed by atoms with Crippen molar-refractivity contribution in [1.82, 2.24) is 4.98 Å². The molecule has 0 saturated carbocycles. The predicted molar refractivity (Wildman–Crippen MR) is 95.4 cm³/mol. The summed E-state index contributed by atoms with van der Waals surface area (Å²) in [5, 5.41) is 2.45. The number of fused-ring (bicyclic) bond motifs is 4. The average molecular weight is 293 g/mol. The van der Waals surface area contributed by atoms with Crippen molar-refractivity contribution in [3.8, 4) is 22.4 Å². The van der Waals surface area contributed by atoms with E-state index in [0.717, 1.165) is 12.1 Å². The fourth-order valence-electron chi connectivity index (χ4n) is 3.64. The van der Waals surface area contributed by atoms with Crippen LogP contribution in [0, 0.1) is 0 Å². The number of aromatic nitrogens is 1. The lowest BCUT2D eigenvalue weighted by atomic mass is 9.99. The second-order valence-electron chi connectivity index (χ2n) is 6.09. The molecule has 0 radical (unpaired) electrons. The van der Waals surface area contributed by atoms with Crippen LogP contribution in [0.15, 0.2) is 79.0 Å². The quantitative estimate of drug-likeness (QED) is 0.399. The fraction of sp³-hybridized carbons (Fsp3) is 0.0455. The molecule has 5 rings (SSSR count). The topological polar surface area (TPSA) is 12.9 Å². The number of benzene rings is 3. The van der Waals surface area contributed by atoms with Gasteiger partial charge in [0.2, 0.25) is 0 Å². The first-order valence-electron chi connectivity index (χ1n) is 7.95. The summed E-state index contributed by atoms with van der Waals surface area (Å²) in [6.45, 7) is 0. The molecule has 4 aromatic rings. The zero-order valence-electron chi connectivity index (χ0n) is 12.7. The molecule has 0 bridgehead atoms. The van der Waals surface area contributed by atoms with E-state index in [1.807, 2.05) is 6.20 Å². The SMILES string of the molecule is c1ccc2c(c1)Cc1cc(-c3nccc4ccccc34)ccc1-2. The summed E-state index contributed by atoms with van der Waals surface area (Å²) in [5.74, 6) is 0. The van der Waals surface area contributed by atoms with E-state index in [0.29, 0.717) is 0 Å². The average Bonchev–Trinajstić information content (AvgIpc) is 2.99. The van der Waals surface area contributed by atoms with E-state index in [4.69, 9.17) is 0 Å². The minimum Gasteiger partial charge on any atom is -0.256 e. The minimum atomic E-state index is 1.02. The van der Waals surface area contributed by atoms with Gasteiger partial charge in [-0.15, -0.1) is 0 Å². The smallest absolute Gasteiger partial charge is 0.0780 e. The van der Waals surface area contributed by atoms with Crippen molar-refractivity contribution in [3.63, 3.8) is 0 Å². The van der Waals surface area contributed by atoms with Gasteiger partial charge in [0.15, 0.2) is 0 Å². The molecule has 1 aliphatic carbocycles. The molecule has 23 heavy (non-hydrogen) atoms. The van der Waals surface area contributed by atoms with Gasteiger partial charge in [-0.05, 0) is 46.2 Å². The molecule has 0 unspecified atom stereocenters. The van der Waals surface area contributed by atoms with Gasteiger partial charge in [-0.25, -0.2) is 0 Å². The van der Waals surface area contributed by atoms with Crippen LogP contribution in [-0.2, 0) is 6.42 Å². The van der Waals surface area contributed by atoms with Crippen molar-refractivity contribution in [1.29, 1.82) is 0 Å². The monoisotopic (exact) mass is 293 g/mol. The Bertz CT molecular complexity index is 1040. The maximum Gasteiger partial charge on any atom is 0.0780 e. The summed E-state index contributed by atoms with van der Waals surface area (Å²) >= 11 is 0. The molecule has 3 aromatic carbocycles. The van der Waals surface area contributed by atoms with Crippen LogP contribution in [0.4, 0.5) is 0 Å². The zero-order valence-corrected chi connectivity index (χ0v) is 12.7. The first-order chi connectivity index (χ1) is 11.4. The molecule has 0 atom stereocenters. The summed E-state index contributed by atoms with van der Waals surface area (Å²) in [6, 6.07) is 26.0.